The van der Waals surface area contributed by atoms with Gasteiger partial charge in [0, 0.05) is 12.8 Å². The Morgan fingerprint density at radius 2 is 1.59 bits per heavy atom. The van der Waals surface area contributed by atoms with E-state index >= 15 is 0 Å². The highest BCUT2D eigenvalue weighted by Crippen LogP contribution is 2.17. The van der Waals surface area contributed by atoms with Gasteiger partial charge in [0.05, 0.1) is 5.92 Å². The van der Waals surface area contributed by atoms with Crippen LogP contribution >= 0.6 is 0 Å². The summed E-state index contributed by atoms with van der Waals surface area (Å²) < 4.78 is 9.24. The zero-order valence-electron chi connectivity index (χ0n) is 12.7. The van der Waals surface area contributed by atoms with Crippen LogP contribution in [0.1, 0.15) is 40.5 Å². The quantitative estimate of drug-likeness (QED) is 0.423. The predicted octanol–water partition coefficient (Wildman–Crippen LogP) is 0.708. The van der Waals surface area contributed by atoms with Crippen LogP contribution in [0.25, 0.3) is 0 Å². The number of ether oxygens (including phenoxy) is 2. The molecule has 1 fully saturated rings. The minimum atomic E-state index is -1.72. The van der Waals surface area contributed by atoms with E-state index in [9.17, 15) is 24.0 Å². The van der Waals surface area contributed by atoms with Crippen molar-refractivity contribution in [1.82, 2.24) is 5.06 Å². The SMILES string of the molecule is CC(C)C(=O)OC(C)(C)C(=O)OC(=O)ON1C(=O)CCC1=O. The van der Waals surface area contributed by atoms with Crippen LogP contribution < -0.4 is 0 Å². The minimum absolute atomic E-state index is 0.0858. The summed E-state index contributed by atoms with van der Waals surface area (Å²) in [7, 11) is 0. The fourth-order valence-corrected chi connectivity index (χ4v) is 1.36. The van der Waals surface area contributed by atoms with Crippen LogP contribution in [0.5, 0.6) is 0 Å². The maximum atomic E-state index is 11.8. The number of imide groups is 1. The molecule has 0 N–H and O–H groups in total. The Balaban J connectivity index is 2.59. The van der Waals surface area contributed by atoms with Gasteiger partial charge in [-0.2, -0.15) is 0 Å². The van der Waals surface area contributed by atoms with Crippen LogP contribution in [-0.2, 0) is 33.5 Å². The fourth-order valence-electron chi connectivity index (χ4n) is 1.36. The first-order valence-electron chi connectivity index (χ1n) is 6.57. The zero-order valence-corrected chi connectivity index (χ0v) is 12.7. The number of esters is 2. The second-order valence-corrected chi connectivity index (χ2v) is 5.40. The van der Waals surface area contributed by atoms with Gasteiger partial charge in [0.25, 0.3) is 11.8 Å². The van der Waals surface area contributed by atoms with E-state index in [4.69, 9.17) is 4.74 Å². The zero-order chi connectivity index (χ0) is 17.1. The fraction of sp³-hybridized carbons (Fsp3) is 0.615. The lowest BCUT2D eigenvalue weighted by Gasteiger charge is -2.23. The maximum absolute atomic E-state index is 11.8. The third kappa shape index (κ3) is 4.27. The molecule has 0 aromatic heterocycles. The number of nitrogens with zero attached hydrogens (tertiary/aromatic N) is 1. The summed E-state index contributed by atoms with van der Waals surface area (Å²) in [4.78, 5) is 61.5. The monoisotopic (exact) mass is 315 g/mol. The van der Waals surface area contributed by atoms with Crippen LogP contribution in [-0.4, -0.2) is 40.6 Å². The second-order valence-electron chi connectivity index (χ2n) is 5.40. The number of amides is 2. The highest BCUT2D eigenvalue weighted by atomic mass is 16.8. The van der Waals surface area contributed by atoms with Gasteiger partial charge in [-0.3, -0.25) is 19.2 Å². The van der Waals surface area contributed by atoms with Crippen molar-refractivity contribution in [3.63, 3.8) is 0 Å². The Morgan fingerprint density at radius 1 is 1.09 bits per heavy atom. The van der Waals surface area contributed by atoms with Crippen molar-refractivity contribution in [3.05, 3.63) is 0 Å². The predicted molar refractivity (Wildman–Crippen MR) is 68.7 cm³/mol. The molecule has 0 aliphatic carbocycles. The summed E-state index contributed by atoms with van der Waals surface area (Å²) in [6, 6.07) is 0. The number of rotatable bonds is 4. The highest BCUT2D eigenvalue weighted by molar-refractivity contribution is 6.01. The molecule has 9 nitrogen and oxygen atoms in total. The van der Waals surface area contributed by atoms with Crippen molar-refractivity contribution in [2.75, 3.05) is 0 Å². The van der Waals surface area contributed by atoms with Gasteiger partial charge < -0.3 is 9.47 Å². The molecule has 0 bridgehead atoms. The van der Waals surface area contributed by atoms with Gasteiger partial charge in [0.1, 0.15) is 0 Å². The minimum Gasteiger partial charge on any atom is -0.447 e. The molecule has 22 heavy (non-hydrogen) atoms. The molecule has 0 radical (unpaired) electrons. The Kier molecular flexibility index (Phi) is 5.23. The molecular formula is C13H17NO8. The molecule has 1 aliphatic rings. The van der Waals surface area contributed by atoms with Crippen LogP contribution in [0.4, 0.5) is 4.79 Å². The number of carbonyl (C=O) groups excluding carboxylic acids is 5. The smallest absolute Gasteiger partial charge is 0.447 e. The number of hydroxylamine groups is 2. The van der Waals surface area contributed by atoms with E-state index in [-0.39, 0.29) is 17.9 Å². The largest absolute Gasteiger partial charge is 0.542 e. The first-order valence-corrected chi connectivity index (χ1v) is 6.57. The molecule has 0 atom stereocenters. The average molecular weight is 315 g/mol. The van der Waals surface area contributed by atoms with Gasteiger partial charge in [-0.1, -0.05) is 18.9 Å². The van der Waals surface area contributed by atoms with Crippen molar-refractivity contribution in [2.24, 2.45) is 5.92 Å². The van der Waals surface area contributed by atoms with E-state index in [0.29, 0.717) is 0 Å². The topological polar surface area (TPSA) is 116 Å². The van der Waals surface area contributed by atoms with Crippen molar-refractivity contribution >= 4 is 29.9 Å². The molecule has 1 rings (SSSR count). The third-order valence-electron chi connectivity index (χ3n) is 2.67. The third-order valence-corrected chi connectivity index (χ3v) is 2.67. The van der Waals surface area contributed by atoms with E-state index in [1.165, 1.54) is 13.8 Å². The molecule has 0 aromatic carbocycles. The van der Waals surface area contributed by atoms with E-state index < -0.39 is 41.4 Å². The molecular weight excluding hydrogens is 298 g/mol. The number of carbonyl (C=O) groups is 5. The van der Waals surface area contributed by atoms with E-state index in [1.807, 2.05) is 0 Å². The maximum Gasteiger partial charge on any atom is 0.542 e. The van der Waals surface area contributed by atoms with Gasteiger partial charge >= 0.3 is 18.1 Å². The molecule has 0 unspecified atom stereocenters. The number of hydrogen-bond acceptors (Lipinski definition) is 8. The van der Waals surface area contributed by atoms with Crippen LogP contribution in [0.15, 0.2) is 0 Å². The summed E-state index contributed by atoms with van der Waals surface area (Å²) in [6.07, 6.45) is -1.72. The van der Waals surface area contributed by atoms with E-state index in [0.717, 1.165) is 0 Å². The van der Waals surface area contributed by atoms with Crippen molar-refractivity contribution < 1.29 is 38.3 Å². The molecule has 122 valence electrons. The Bertz CT molecular complexity index is 506. The lowest BCUT2D eigenvalue weighted by Crippen LogP contribution is -2.42. The van der Waals surface area contributed by atoms with Crippen LogP contribution in [0.2, 0.25) is 0 Å². The molecule has 1 aliphatic heterocycles. The van der Waals surface area contributed by atoms with Crippen LogP contribution in [0.3, 0.4) is 0 Å². The van der Waals surface area contributed by atoms with Crippen LogP contribution in [0, 0.1) is 5.92 Å². The Labute approximate surface area is 126 Å². The van der Waals surface area contributed by atoms with E-state index in [2.05, 4.69) is 9.57 Å². The summed E-state index contributed by atoms with van der Waals surface area (Å²) >= 11 is 0. The molecule has 0 saturated carbocycles. The summed E-state index contributed by atoms with van der Waals surface area (Å²) in [5.41, 5.74) is -1.72. The van der Waals surface area contributed by atoms with Gasteiger partial charge in [-0.15, -0.1) is 0 Å². The number of hydrogen-bond donors (Lipinski definition) is 0. The molecule has 0 aromatic rings. The Hall–Kier alpha value is -2.45. The van der Waals surface area contributed by atoms with Gasteiger partial charge in [-0.05, 0) is 13.8 Å². The molecule has 0 spiro atoms. The molecule has 2 amide bonds. The molecule has 1 heterocycles. The lowest BCUT2D eigenvalue weighted by molar-refractivity contribution is -0.187. The standard InChI is InChI=1S/C13H17NO8/c1-7(2)10(17)21-13(3,4)11(18)20-12(19)22-14-8(15)5-6-9(14)16/h7H,5-6H2,1-4H3. The van der Waals surface area contributed by atoms with Gasteiger partial charge in [0.2, 0.25) is 5.60 Å². The summed E-state index contributed by atoms with van der Waals surface area (Å²) in [6.45, 7) is 5.61. The summed E-state index contributed by atoms with van der Waals surface area (Å²) in [5.74, 6) is -3.73. The first-order chi connectivity index (χ1) is 10.0. The van der Waals surface area contributed by atoms with Gasteiger partial charge in [-0.25, -0.2) is 9.59 Å². The molecule has 1 saturated heterocycles. The summed E-state index contributed by atoms with van der Waals surface area (Å²) in [5, 5.41) is 0.239. The molecule has 9 heteroatoms. The van der Waals surface area contributed by atoms with Crippen molar-refractivity contribution in [1.29, 1.82) is 0 Å². The van der Waals surface area contributed by atoms with Crippen molar-refractivity contribution in [2.45, 2.75) is 46.1 Å². The van der Waals surface area contributed by atoms with E-state index in [1.54, 1.807) is 13.8 Å². The first kappa shape index (κ1) is 17.6. The Morgan fingerprint density at radius 3 is 2.05 bits per heavy atom. The lowest BCUT2D eigenvalue weighted by atomic mass is 10.1. The normalized spacial score (nSPS) is 15.0. The second kappa shape index (κ2) is 6.54. The average Bonchev–Trinajstić information content (AvgIpc) is 2.69. The highest BCUT2D eigenvalue weighted by Gasteiger charge is 2.39. The van der Waals surface area contributed by atoms with Gasteiger partial charge in [0.15, 0.2) is 0 Å². The van der Waals surface area contributed by atoms with Crippen molar-refractivity contribution in [3.8, 4) is 0 Å².